The van der Waals surface area contributed by atoms with Gasteiger partial charge >= 0.3 is 0 Å². The third-order valence-corrected chi connectivity index (χ3v) is 4.44. The molecule has 2 rings (SSSR count). The van der Waals surface area contributed by atoms with E-state index in [1.807, 2.05) is 57.2 Å². The molecule has 2 aromatic carbocycles. The van der Waals surface area contributed by atoms with E-state index < -0.39 is 6.10 Å². The molecule has 0 aromatic heterocycles. The molecular weight excluding hydrogens is 298 g/mol. The van der Waals surface area contributed by atoms with E-state index in [1.165, 1.54) is 11.1 Å². The number of carbonyl (C=O) groups is 1. The molecule has 0 aliphatic heterocycles. The van der Waals surface area contributed by atoms with E-state index in [4.69, 9.17) is 4.74 Å². The normalized spacial score (nSPS) is 13.2. The molecule has 0 radical (unpaired) electrons. The van der Waals surface area contributed by atoms with E-state index >= 15 is 0 Å². The third-order valence-electron chi connectivity index (χ3n) is 4.44. The van der Waals surface area contributed by atoms with E-state index in [1.54, 1.807) is 0 Å². The first-order chi connectivity index (χ1) is 11.5. The van der Waals surface area contributed by atoms with Gasteiger partial charge in [0.05, 0.1) is 0 Å². The molecule has 128 valence electrons. The molecule has 0 saturated heterocycles. The summed E-state index contributed by atoms with van der Waals surface area (Å²) in [6.45, 7) is 8.76. The minimum atomic E-state index is -0.464. The van der Waals surface area contributed by atoms with Crippen molar-refractivity contribution in [1.29, 1.82) is 0 Å². The molecule has 3 nitrogen and oxygen atoms in total. The topological polar surface area (TPSA) is 38.3 Å². The predicted molar refractivity (Wildman–Crippen MR) is 98.5 cm³/mol. The molecule has 0 aliphatic carbocycles. The number of benzene rings is 2. The molecule has 0 aliphatic rings. The molecule has 0 saturated carbocycles. The molecule has 0 unspecified atom stereocenters. The second-order valence-electron chi connectivity index (χ2n) is 6.27. The van der Waals surface area contributed by atoms with Crippen LogP contribution in [0.4, 0.5) is 0 Å². The van der Waals surface area contributed by atoms with Crippen molar-refractivity contribution in [1.82, 2.24) is 5.32 Å². The summed E-state index contributed by atoms with van der Waals surface area (Å²) >= 11 is 0. The summed E-state index contributed by atoms with van der Waals surface area (Å²) in [5.41, 5.74) is 3.48. The Morgan fingerprint density at radius 1 is 1.08 bits per heavy atom. The van der Waals surface area contributed by atoms with Crippen LogP contribution in [0.25, 0.3) is 0 Å². The van der Waals surface area contributed by atoms with Crippen LogP contribution >= 0.6 is 0 Å². The lowest BCUT2D eigenvalue weighted by Crippen LogP contribution is -2.39. The Balaban J connectivity index is 1.95. The van der Waals surface area contributed by atoms with Crippen molar-refractivity contribution in [2.45, 2.75) is 46.1 Å². The summed E-state index contributed by atoms with van der Waals surface area (Å²) in [6, 6.07) is 16.1. The second-order valence-corrected chi connectivity index (χ2v) is 6.27. The van der Waals surface area contributed by atoms with Crippen LogP contribution < -0.4 is 10.1 Å². The summed E-state index contributed by atoms with van der Waals surface area (Å²) in [5, 5.41) is 3.02. The number of hydrogen-bond acceptors (Lipinski definition) is 2. The zero-order valence-corrected chi connectivity index (χ0v) is 15.0. The van der Waals surface area contributed by atoms with Gasteiger partial charge in [-0.15, -0.1) is 0 Å². The van der Waals surface area contributed by atoms with Gasteiger partial charge in [-0.05, 0) is 48.9 Å². The van der Waals surface area contributed by atoms with E-state index in [2.05, 4.69) is 24.4 Å². The largest absolute Gasteiger partial charge is 0.480 e. The lowest BCUT2D eigenvalue weighted by Gasteiger charge is -2.20. The van der Waals surface area contributed by atoms with E-state index in [9.17, 15) is 4.79 Å². The fourth-order valence-electron chi connectivity index (χ4n) is 2.59. The summed E-state index contributed by atoms with van der Waals surface area (Å²) in [7, 11) is 0. The number of nitrogens with one attached hydrogen (secondary N) is 1. The monoisotopic (exact) mass is 325 g/mol. The Bertz CT molecular complexity index is 667. The van der Waals surface area contributed by atoms with Crippen molar-refractivity contribution in [3.63, 3.8) is 0 Å². The first kappa shape index (κ1) is 18.1. The van der Waals surface area contributed by atoms with Crippen LogP contribution in [0.5, 0.6) is 5.75 Å². The van der Waals surface area contributed by atoms with Gasteiger partial charge in [0.25, 0.3) is 5.91 Å². The fraction of sp³-hybridized carbons (Fsp3) is 0.381. The standard InChI is InChI=1S/C21H27NO2/c1-5-19(24-20-13-9-10-15(2)17(20)4)21(23)22-14-16(3)18-11-7-6-8-12-18/h6-13,16,19H,5,14H2,1-4H3,(H,22,23)/t16-,19-/m1/s1. The third kappa shape index (κ3) is 4.60. The van der Waals surface area contributed by atoms with Crippen LogP contribution in [-0.4, -0.2) is 18.6 Å². The van der Waals surface area contributed by atoms with Crippen LogP contribution in [0.1, 0.15) is 42.9 Å². The van der Waals surface area contributed by atoms with E-state index in [-0.39, 0.29) is 11.8 Å². The number of aryl methyl sites for hydroxylation is 1. The molecule has 1 amide bonds. The van der Waals surface area contributed by atoms with E-state index in [0.29, 0.717) is 13.0 Å². The highest BCUT2D eigenvalue weighted by molar-refractivity contribution is 5.81. The SMILES string of the molecule is CC[C@@H](Oc1cccc(C)c1C)C(=O)NC[C@@H](C)c1ccccc1. The molecule has 0 bridgehead atoms. The first-order valence-corrected chi connectivity index (χ1v) is 8.58. The smallest absolute Gasteiger partial charge is 0.261 e. The Hall–Kier alpha value is -2.29. The van der Waals surface area contributed by atoms with Gasteiger partial charge in [-0.1, -0.05) is 56.3 Å². The van der Waals surface area contributed by atoms with Crippen LogP contribution in [0.2, 0.25) is 0 Å². The minimum Gasteiger partial charge on any atom is -0.480 e. The zero-order chi connectivity index (χ0) is 17.5. The number of carbonyl (C=O) groups excluding carboxylic acids is 1. The molecule has 2 atom stereocenters. The van der Waals surface area contributed by atoms with Crippen molar-refractivity contribution in [3.8, 4) is 5.75 Å². The highest BCUT2D eigenvalue weighted by atomic mass is 16.5. The van der Waals surface area contributed by atoms with Crippen molar-refractivity contribution < 1.29 is 9.53 Å². The van der Waals surface area contributed by atoms with Gasteiger partial charge in [-0.2, -0.15) is 0 Å². The Labute approximate surface area is 145 Å². The Morgan fingerprint density at radius 3 is 2.46 bits per heavy atom. The molecule has 0 fully saturated rings. The van der Waals surface area contributed by atoms with Crippen LogP contribution in [-0.2, 0) is 4.79 Å². The number of ether oxygens (including phenoxy) is 1. The maximum Gasteiger partial charge on any atom is 0.261 e. The van der Waals surface area contributed by atoms with Gasteiger partial charge in [0, 0.05) is 6.54 Å². The van der Waals surface area contributed by atoms with Gasteiger partial charge in [0.15, 0.2) is 6.10 Å². The molecule has 1 N–H and O–H groups in total. The van der Waals surface area contributed by atoms with Gasteiger partial charge < -0.3 is 10.1 Å². The predicted octanol–water partition coefficient (Wildman–Crippen LogP) is 4.38. The molecule has 3 heteroatoms. The highest BCUT2D eigenvalue weighted by Gasteiger charge is 2.20. The minimum absolute atomic E-state index is 0.0545. The van der Waals surface area contributed by atoms with E-state index in [0.717, 1.165) is 11.3 Å². The summed E-state index contributed by atoms with van der Waals surface area (Å²) in [6.07, 6.45) is 0.173. The number of rotatable bonds is 7. The van der Waals surface area contributed by atoms with Crippen LogP contribution in [0.3, 0.4) is 0 Å². The van der Waals surface area contributed by atoms with Crippen LogP contribution in [0, 0.1) is 13.8 Å². The molecule has 2 aromatic rings. The number of amides is 1. The van der Waals surface area contributed by atoms with Crippen molar-refractivity contribution in [2.24, 2.45) is 0 Å². The zero-order valence-electron chi connectivity index (χ0n) is 15.0. The maximum absolute atomic E-state index is 12.5. The summed E-state index contributed by atoms with van der Waals surface area (Å²) in [5.74, 6) is 1.00. The van der Waals surface area contributed by atoms with Gasteiger partial charge in [-0.3, -0.25) is 4.79 Å². The van der Waals surface area contributed by atoms with Gasteiger partial charge in [-0.25, -0.2) is 0 Å². The lowest BCUT2D eigenvalue weighted by molar-refractivity contribution is -0.128. The van der Waals surface area contributed by atoms with Gasteiger partial charge in [0.2, 0.25) is 0 Å². The Kier molecular flexibility index (Phi) is 6.42. The highest BCUT2D eigenvalue weighted by Crippen LogP contribution is 2.22. The first-order valence-electron chi connectivity index (χ1n) is 8.58. The van der Waals surface area contributed by atoms with Crippen molar-refractivity contribution >= 4 is 5.91 Å². The number of hydrogen-bond donors (Lipinski definition) is 1. The molecule has 0 heterocycles. The fourth-order valence-corrected chi connectivity index (χ4v) is 2.59. The van der Waals surface area contributed by atoms with Crippen LogP contribution in [0.15, 0.2) is 48.5 Å². The summed E-state index contributed by atoms with van der Waals surface area (Å²) in [4.78, 5) is 12.5. The maximum atomic E-state index is 12.5. The summed E-state index contributed by atoms with van der Waals surface area (Å²) < 4.78 is 5.96. The quantitative estimate of drug-likeness (QED) is 0.820. The average molecular weight is 325 g/mol. The van der Waals surface area contributed by atoms with Crippen molar-refractivity contribution in [2.75, 3.05) is 6.54 Å². The lowest BCUT2D eigenvalue weighted by atomic mass is 10.0. The van der Waals surface area contributed by atoms with Crippen molar-refractivity contribution in [3.05, 3.63) is 65.2 Å². The second kappa shape index (κ2) is 8.53. The molecule has 0 spiro atoms. The molecular formula is C21H27NO2. The Morgan fingerprint density at radius 2 is 1.79 bits per heavy atom. The molecule has 24 heavy (non-hydrogen) atoms. The average Bonchev–Trinajstić information content (AvgIpc) is 2.61. The van der Waals surface area contributed by atoms with Gasteiger partial charge in [0.1, 0.15) is 5.75 Å².